The summed E-state index contributed by atoms with van der Waals surface area (Å²) >= 11 is 3.31. The Morgan fingerprint density at radius 3 is 2.62 bits per heavy atom. The van der Waals surface area contributed by atoms with Gasteiger partial charge in [-0.1, -0.05) is 0 Å². The molecule has 2 N–H and O–H groups in total. The molecule has 0 saturated carbocycles. The highest BCUT2D eigenvalue weighted by Crippen LogP contribution is 2.27. The number of benzene rings is 1. The van der Waals surface area contributed by atoms with Crippen molar-refractivity contribution in [1.29, 1.82) is 0 Å². The second kappa shape index (κ2) is 9.37. The molecule has 1 rings (SSSR count). The highest BCUT2D eigenvalue weighted by Gasteiger charge is 2.15. The maximum Gasteiger partial charge on any atom is 0.240 e. The topological polar surface area (TPSA) is 76.7 Å². The largest absolute Gasteiger partial charge is 0.493 e. The van der Waals surface area contributed by atoms with Crippen LogP contribution in [0, 0.1) is 0 Å². The standard InChI is InChI=1S/C13H21BrN2O4S/c1-3-20-13-5-4-11(10-12(13)14)21(17,18)16-7-6-15-8-9-19-2/h4-5,10,15-16H,3,6-9H2,1-2H3. The van der Waals surface area contributed by atoms with Crippen LogP contribution in [0.25, 0.3) is 0 Å². The number of rotatable bonds is 10. The zero-order valence-electron chi connectivity index (χ0n) is 12.2. The molecular formula is C13H21BrN2O4S. The summed E-state index contributed by atoms with van der Waals surface area (Å²) in [5.41, 5.74) is 0. The van der Waals surface area contributed by atoms with E-state index in [9.17, 15) is 8.42 Å². The van der Waals surface area contributed by atoms with Crippen LogP contribution in [0.1, 0.15) is 6.92 Å². The van der Waals surface area contributed by atoms with Crippen LogP contribution in [-0.2, 0) is 14.8 Å². The Kier molecular flexibility index (Phi) is 8.20. The molecule has 1 aromatic carbocycles. The molecule has 8 heteroatoms. The average Bonchev–Trinajstić information content (AvgIpc) is 2.45. The predicted octanol–water partition coefficient (Wildman–Crippen LogP) is 1.36. The van der Waals surface area contributed by atoms with E-state index in [1.165, 1.54) is 12.1 Å². The van der Waals surface area contributed by atoms with Crippen LogP contribution in [0.4, 0.5) is 0 Å². The minimum atomic E-state index is -3.51. The summed E-state index contributed by atoms with van der Waals surface area (Å²) < 4.78 is 37.6. The monoisotopic (exact) mass is 380 g/mol. The van der Waals surface area contributed by atoms with E-state index in [0.717, 1.165) is 0 Å². The van der Waals surface area contributed by atoms with E-state index in [1.54, 1.807) is 13.2 Å². The lowest BCUT2D eigenvalue weighted by Crippen LogP contribution is -2.33. The van der Waals surface area contributed by atoms with Gasteiger partial charge in [-0.3, -0.25) is 0 Å². The number of hydrogen-bond donors (Lipinski definition) is 2. The highest BCUT2D eigenvalue weighted by atomic mass is 79.9. The fourth-order valence-corrected chi connectivity index (χ4v) is 3.28. The molecule has 0 bridgehead atoms. The third-order valence-electron chi connectivity index (χ3n) is 2.59. The number of nitrogens with one attached hydrogen (secondary N) is 2. The molecule has 0 spiro atoms. The minimum absolute atomic E-state index is 0.203. The summed E-state index contributed by atoms with van der Waals surface area (Å²) in [6.07, 6.45) is 0. The lowest BCUT2D eigenvalue weighted by molar-refractivity contribution is 0.199. The first-order chi connectivity index (χ1) is 10.0. The Morgan fingerprint density at radius 2 is 2.00 bits per heavy atom. The van der Waals surface area contributed by atoms with Gasteiger partial charge in [-0.25, -0.2) is 13.1 Å². The van der Waals surface area contributed by atoms with E-state index in [1.807, 2.05) is 6.92 Å². The summed E-state index contributed by atoms with van der Waals surface area (Å²) in [4.78, 5) is 0.203. The second-order valence-electron chi connectivity index (χ2n) is 4.17. The zero-order valence-corrected chi connectivity index (χ0v) is 14.6. The summed E-state index contributed by atoms with van der Waals surface area (Å²) in [5, 5.41) is 3.07. The van der Waals surface area contributed by atoms with Crippen molar-refractivity contribution in [2.24, 2.45) is 0 Å². The Hall–Kier alpha value is -0.670. The lowest BCUT2D eigenvalue weighted by Gasteiger charge is -2.10. The first kappa shape index (κ1) is 18.4. The summed E-state index contributed by atoms with van der Waals surface area (Å²) in [7, 11) is -1.89. The van der Waals surface area contributed by atoms with Gasteiger partial charge < -0.3 is 14.8 Å². The van der Waals surface area contributed by atoms with Gasteiger partial charge in [0, 0.05) is 26.7 Å². The Labute approximate surface area is 134 Å². The summed E-state index contributed by atoms with van der Waals surface area (Å²) in [5.74, 6) is 0.623. The Balaban J connectivity index is 2.56. The summed E-state index contributed by atoms with van der Waals surface area (Å²) in [6, 6.07) is 4.70. The molecule has 0 aliphatic heterocycles. The third-order valence-corrected chi connectivity index (χ3v) is 4.67. The molecule has 0 atom stereocenters. The number of halogens is 1. The van der Waals surface area contributed by atoms with Crippen molar-refractivity contribution in [3.05, 3.63) is 22.7 Å². The van der Waals surface area contributed by atoms with Crippen LogP contribution in [0.2, 0.25) is 0 Å². The van der Waals surface area contributed by atoms with Crippen LogP contribution in [0.5, 0.6) is 5.75 Å². The first-order valence-electron chi connectivity index (χ1n) is 6.63. The SMILES string of the molecule is CCOc1ccc(S(=O)(=O)NCCNCCOC)cc1Br. The molecule has 0 unspecified atom stereocenters. The van der Waals surface area contributed by atoms with E-state index in [4.69, 9.17) is 9.47 Å². The Bertz CT molecular complexity index is 537. The van der Waals surface area contributed by atoms with Gasteiger partial charge in [0.25, 0.3) is 0 Å². The molecule has 0 heterocycles. The fourth-order valence-electron chi connectivity index (χ4n) is 1.58. The maximum atomic E-state index is 12.1. The van der Waals surface area contributed by atoms with E-state index in [0.29, 0.717) is 43.1 Å². The number of ether oxygens (including phenoxy) is 2. The van der Waals surface area contributed by atoms with E-state index in [2.05, 4.69) is 26.0 Å². The quantitative estimate of drug-likeness (QED) is 0.599. The molecule has 0 aliphatic rings. The van der Waals surface area contributed by atoms with E-state index in [-0.39, 0.29) is 4.90 Å². The molecule has 0 amide bonds. The van der Waals surface area contributed by atoms with Crippen molar-refractivity contribution in [3.8, 4) is 5.75 Å². The van der Waals surface area contributed by atoms with Crippen LogP contribution in [0.3, 0.4) is 0 Å². The molecule has 0 aromatic heterocycles. The molecule has 120 valence electrons. The highest BCUT2D eigenvalue weighted by molar-refractivity contribution is 9.10. The Morgan fingerprint density at radius 1 is 1.24 bits per heavy atom. The average molecular weight is 381 g/mol. The van der Waals surface area contributed by atoms with Crippen molar-refractivity contribution in [3.63, 3.8) is 0 Å². The van der Waals surface area contributed by atoms with Gasteiger partial charge in [0.05, 0.1) is 22.6 Å². The van der Waals surface area contributed by atoms with Crippen molar-refractivity contribution in [1.82, 2.24) is 10.0 Å². The number of methoxy groups -OCH3 is 1. The van der Waals surface area contributed by atoms with Crippen LogP contribution < -0.4 is 14.8 Å². The fraction of sp³-hybridized carbons (Fsp3) is 0.538. The third kappa shape index (κ3) is 6.31. The van der Waals surface area contributed by atoms with Gasteiger partial charge in [0.2, 0.25) is 10.0 Å². The maximum absolute atomic E-state index is 12.1. The van der Waals surface area contributed by atoms with Gasteiger partial charge in [0.15, 0.2) is 0 Å². The van der Waals surface area contributed by atoms with Gasteiger partial charge >= 0.3 is 0 Å². The van der Waals surface area contributed by atoms with Crippen molar-refractivity contribution < 1.29 is 17.9 Å². The first-order valence-corrected chi connectivity index (χ1v) is 8.90. The molecule has 0 radical (unpaired) electrons. The van der Waals surface area contributed by atoms with Crippen molar-refractivity contribution >= 4 is 26.0 Å². The minimum Gasteiger partial charge on any atom is -0.493 e. The van der Waals surface area contributed by atoms with Gasteiger partial charge in [-0.2, -0.15) is 0 Å². The second-order valence-corrected chi connectivity index (χ2v) is 6.79. The van der Waals surface area contributed by atoms with E-state index < -0.39 is 10.0 Å². The predicted molar refractivity (Wildman–Crippen MR) is 85.2 cm³/mol. The van der Waals surface area contributed by atoms with Gasteiger partial charge in [-0.05, 0) is 41.1 Å². The molecule has 6 nitrogen and oxygen atoms in total. The van der Waals surface area contributed by atoms with Crippen molar-refractivity contribution in [2.45, 2.75) is 11.8 Å². The molecule has 0 fully saturated rings. The number of sulfonamides is 1. The molecule has 0 aliphatic carbocycles. The van der Waals surface area contributed by atoms with Gasteiger partial charge in [-0.15, -0.1) is 0 Å². The van der Waals surface area contributed by atoms with Crippen LogP contribution >= 0.6 is 15.9 Å². The van der Waals surface area contributed by atoms with Crippen LogP contribution in [0.15, 0.2) is 27.6 Å². The van der Waals surface area contributed by atoms with E-state index >= 15 is 0 Å². The van der Waals surface area contributed by atoms with Crippen molar-refractivity contribution in [2.75, 3.05) is 40.0 Å². The molecular weight excluding hydrogens is 360 g/mol. The number of hydrogen-bond acceptors (Lipinski definition) is 5. The molecule has 21 heavy (non-hydrogen) atoms. The van der Waals surface area contributed by atoms with Gasteiger partial charge in [0.1, 0.15) is 5.75 Å². The normalized spacial score (nSPS) is 11.6. The molecule has 1 aromatic rings. The molecule has 0 saturated heterocycles. The zero-order chi connectivity index (χ0) is 15.7. The smallest absolute Gasteiger partial charge is 0.240 e. The summed E-state index contributed by atoms with van der Waals surface area (Å²) in [6.45, 7) is 4.54. The lowest BCUT2D eigenvalue weighted by atomic mass is 10.3. The van der Waals surface area contributed by atoms with Crippen LogP contribution in [-0.4, -0.2) is 48.4 Å².